The third kappa shape index (κ3) is 7.25. The van der Waals surface area contributed by atoms with Gasteiger partial charge in [-0.2, -0.15) is 0 Å². The zero-order valence-corrected chi connectivity index (χ0v) is 15.0. The summed E-state index contributed by atoms with van der Waals surface area (Å²) in [5.41, 5.74) is 0. The number of piperidine rings is 1. The molecule has 10 heteroatoms. The highest BCUT2D eigenvalue weighted by Gasteiger charge is 2.27. The van der Waals surface area contributed by atoms with Crippen LogP contribution in [0.4, 0.5) is 0 Å². The Morgan fingerprint density at radius 3 is 2.19 bits per heavy atom. The average Bonchev–Trinajstić information content (AvgIpc) is 2.39. The Morgan fingerprint density at radius 1 is 1.14 bits per heavy atom. The fourth-order valence-electron chi connectivity index (χ4n) is 2.24. The molecule has 0 aromatic carbocycles. The van der Waals surface area contributed by atoms with Gasteiger partial charge in [-0.05, 0) is 39.3 Å². The van der Waals surface area contributed by atoms with Gasteiger partial charge >= 0.3 is 0 Å². The lowest BCUT2D eigenvalue weighted by molar-refractivity contribution is 0.271. The van der Waals surface area contributed by atoms with Crippen LogP contribution < -0.4 is 10.0 Å². The SMILES string of the molecule is CCS(=O)(=O)NCCS(=O)(=O)N1CCC(CNC)CC1.Cl. The van der Waals surface area contributed by atoms with Crippen LogP contribution in [-0.2, 0) is 20.0 Å². The molecule has 0 amide bonds. The summed E-state index contributed by atoms with van der Waals surface area (Å²) in [6, 6.07) is 0. The predicted molar refractivity (Wildman–Crippen MR) is 86.7 cm³/mol. The van der Waals surface area contributed by atoms with Crippen molar-refractivity contribution < 1.29 is 16.8 Å². The van der Waals surface area contributed by atoms with E-state index in [0.717, 1.165) is 19.4 Å². The van der Waals surface area contributed by atoms with Crippen LogP contribution in [0.15, 0.2) is 0 Å². The molecule has 0 spiro atoms. The van der Waals surface area contributed by atoms with Gasteiger partial charge in [-0.25, -0.2) is 25.9 Å². The van der Waals surface area contributed by atoms with Crippen LogP contribution in [-0.4, -0.2) is 65.9 Å². The lowest BCUT2D eigenvalue weighted by Gasteiger charge is -2.31. The third-order valence-corrected chi connectivity index (χ3v) is 6.80. The van der Waals surface area contributed by atoms with Crippen molar-refractivity contribution in [2.75, 3.05) is 44.7 Å². The van der Waals surface area contributed by atoms with E-state index in [4.69, 9.17) is 0 Å². The first kappa shape index (κ1) is 21.1. The first-order valence-electron chi connectivity index (χ1n) is 6.90. The molecule has 0 aliphatic carbocycles. The molecule has 21 heavy (non-hydrogen) atoms. The quantitative estimate of drug-likeness (QED) is 0.612. The summed E-state index contributed by atoms with van der Waals surface area (Å²) in [7, 11) is -4.80. The predicted octanol–water partition coefficient (Wildman–Crippen LogP) is -0.391. The summed E-state index contributed by atoms with van der Waals surface area (Å²) in [4.78, 5) is 0. The maximum absolute atomic E-state index is 12.1. The first-order valence-corrected chi connectivity index (χ1v) is 10.2. The second kappa shape index (κ2) is 9.26. The molecular formula is C11H26ClN3O4S2. The van der Waals surface area contributed by atoms with Crippen molar-refractivity contribution in [1.29, 1.82) is 0 Å². The minimum absolute atomic E-state index is 0. The highest BCUT2D eigenvalue weighted by Crippen LogP contribution is 2.18. The molecule has 1 aliphatic rings. The lowest BCUT2D eigenvalue weighted by Crippen LogP contribution is -2.43. The molecule has 2 N–H and O–H groups in total. The second-order valence-electron chi connectivity index (χ2n) is 5.01. The molecule has 1 saturated heterocycles. The Hall–Kier alpha value is 0.0700. The smallest absolute Gasteiger partial charge is 0.215 e. The van der Waals surface area contributed by atoms with Gasteiger partial charge in [-0.3, -0.25) is 0 Å². The van der Waals surface area contributed by atoms with E-state index in [1.165, 1.54) is 11.2 Å². The zero-order valence-electron chi connectivity index (χ0n) is 12.5. The van der Waals surface area contributed by atoms with Crippen molar-refractivity contribution in [2.24, 2.45) is 5.92 Å². The van der Waals surface area contributed by atoms with E-state index in [1.807, 2.05) is 7.05 Å². The van der Waals surface area contributed by atoms with Gasteiger partial charge in [0.05, 0.1) is 11.5 Å². The van der Waals surface area contributed by atoms with Crippen LogP contribution in [0.2, 0.25) is 0 Å². The molecule has 7 nitrogen and oxygen atoms in total. The Balaban J connectivity index is 0.00000400. The number of halogens is 1. The van der Waals surface area contributed by atoms with Crippen LogP contribution in [0, 0.1) is 5.92 Å². The summed E-state index contributed by atoms with van der Waals surface area (Å²) in [6.07, 6.45) is 1.70. The van der Waals surface area contributed by atoms with E-state index in [0.29, 0.717) is 19.0 Å². The van der Waals surface area contributed by atoms with Gasteiger partial charge < -0.3 is 5.32 Å². The van der Waals surface area contributed by atoms with Gasteiger partial charge in [-0.1, -0.05) is 0 Å². The van der Waals surface area contributed by atoms with Crippen molar-refractivity contribution in [1.82, 2.24) is 14.3 Å². The maximum Gasteiger partial charge on any atom is 0.215 e. The number of hydrogen-bond donors (Lipinski definition) is 2. The minimum atomic E-state index is -3.37. The Kier molecular flexibility index (Phi) is 9.29. The zero-order chi connectivity index (χ0) is 15.2. The van der Waals surface area contributed by atoms with Crippen LogP contribution in [0.1, 0.15) is 19.8 Å². The number of nitrogens with zero attached hydrogens (tertiary/aromatic N) is 1. The van der Waals surface area contributed by atoms with Crippen molar-refractivity contribution in [3.63, 3.8) is 0 Å². The number of rotatable bonds is 8. The van der Waals surface area contributed by atoms with E-state index in [-0.39, 0.29) is 30.5 Å². The molecule has 0 aromatic heterocycles. The molecule has 1 heterocycles. The molecular weight excluding hydrogens is 338 g/mol. The van der Waals surface area contributed by atoms with Gasteiger partial charge in [0, 0.05) is 19.6 Å². The Labute approximate surface area is 134 Å². The van der Waals surface area contributed by atoms with Gasteiger partial charge in [0.1, 0.15) is 0 Å². The summed E-state index contributed by atoms with van der Waals surface area (Å²) in [5, 5.41) is 3.10. The summed E-state index contributed by atoms with van der Waals surface area (Å²) >= 11 is 0. The van der Waals surface area contributed by atoms with Gasteiger partial charge in [0.25, 0.3) is 0 Å². The summed E-state index contributed by atoms with van der Waals surface area (Å²) in [5.74, 6) is 0.302. The molecule has 1 aliphatic heterocycles. The van der Waals surface area contributed by atoms with Crippen molar-refractivity contribution in [2.45, 2.75) is 19.8 Å². The monoisotopic (exact) mass is 363 g/mol. The Bertz CT molecular complexity index is 488. The number of nitrogens with one attached hydrogen (secondary N) is 2. The topological polar surface area (TPSA) is 95.6 Å². The molecule has 0 saturated carbocycles. The fourth-order valence-corrected chi connectivity index (χ4v) is 4.37. The average molecular weight is 364 g/mol. The molecule has 1 rings (SSSR count). The highest BCUT2D eigenvalue weighted by molar-refractivity contribution is 7.90. The van der Waals surface area contributed by atoms with Crippen LogP contribution in [0.3, 0.4) is 0 Å². The van der Waals surface area contributed by atoms with Gasteiger partial charge in [-0.15, -0.1) is 12.4 Å². The molecule has 0 radical (unpaired) electrons. The summed E-state index contributed by atoms with van der Waals surface area (Å²) < 4.78 is 50.5. The van der Waals surface area contributed by atoms with E-state index in [2.05, 4.69) is 10.0 Å². The number of hydrogen-bond acceptors (Lipinski definition) is 5. The molecule has 0 unspecified atom stereocenters. The summed E-state index contributed by atoms with van der Waals surface area (Å²) in [6.45, 7) is 3.41. The largest absolute Gasteiger partial charge is 0.319 e. The molecule has 0 aromatic rings. The van der Waals surface area contributed by atoms with Crippen molar-refractivity contribution in [3.8, 4) is 0 Å². The first-order chi connectivity index (χ1) is 9.30. The second-order valence-corrected chi connectivity index (χ2v) is 9.20. The third-order valence-electron chi connectivity index (χ3n) is 3.52. The highest BCUT2D eigenvalue weighted by atomic mass is 35.5. The minimum Gasteiger partial charge on any atom is -0.319 e. The van der Waals surface area contributed by atoms with E-state index in [9.17, 15) is 16.8 Å². The molecule has 0 atom stereocenters. The van der Waals surface area contributed by atoms with Crippen LogP contribution >= 0.6 is 12.4 Å². The maximum atomic E-state index is 12.1. The van der Waals surface area contributed by atoms with Crippen LogP contribution in [0.5, 0.6) is 0 Å². The normalized spacial score (nSPS) is 18.4. The van der Waals surface area contributed by atoms with Gasteiger partial charge in [0.2, 0.25) is 20.0 Å². The van der Waals surface area contributed by atoms with E-state index in [1.54, 1.807) is 0 Å². The lowest BCUT2D eigenvalue weighted by atomic mass is 9.98. The van der Waals surface area contributed by atoms with Crippen molar-refractivity contribution >= 4 is 32.5 Å². The number of sulfonamides is 2. The molecule has 1 fully saturated rings. The molecule has 128 valence electrons. The Morgan fingerprint density at radius 2 is 1.71 bits per heavy atom. The van der Waals surface area contributed by atoms with E-state index < -0.39 is 20.0 Å². The van der Waals surface area contributed by atoms with E-state index >= 15 is 0 Å². The molecule has 0 bridgehead atoms. The van der Waals surface area contributed by atoms with Crippen molar-refractivity contribution in [3.05, 3.63) is 0 Å². The standard InChI is InChI=1S/C11H25N3O4S2.ClH/c1-3-19(15,16)13-6-9-20(17,18)14-7-4-11(5-8-14)10-12-2;/h11-13H,3-10H2,1-2H3;1H. The fraction of sp³-hybridized carbons (Fsp3) is 1.00. The van der Waals surface area contributed by atoms with Crippen LogP contribution in [0.25, 0.3) is 0 Å². The van der Waals surface area contributed by atoms with Gasteiger partial charge in [0.15, 0.2) is 0 Å².